The maximum absolute atomic E-state index is 12.2. The Kier molecular flexibility index (Phi) is 7.54. The van der Waals surface area contributed by atoms with Gasteiger partial charge < -0.3 is 19.5 Å². The van der Waals surface area contributed by atoms with Gasteiger partial charge in [0.25, 0.3) is 5.91 Å². The van der Waals surface area contributed by atoms with E-state index < -0.39 is 18.0 Å². The molecule has 29 heavy (non-hydrogen) atoms. The molecule has 0 spiro atoms. The first-order chi connectivity index (χ1) is 13.8. The number of hydrogen-bond donors (Lipinski definition) is 1. The molecule has 0 fully saturated rings. The van der Waals surface area contributed by atoms with E-state index in [0.29, 0.717) is 28.3 Å². The van der Waals surface area contributed by atoms with Crippen LogP contribution in [0.4, 0.5) is 5.69 Å². The predicted molar refractivity (Wildman–Crippen MR) is 109 cm³/mol. The SMILES string of the molecule is COc1cc(/C=C/C(=O)O[C@H](C)C(=O)Nc2cccc(C(C)=O)c2)cc(OC)c1. The summed E-state index contributed by atoms with van der Waals surface area (Å²) >= 11 is 0. The molecule has 2 aromatic carbocycles. The number of methoxy groups -OCH3 is 2. The lowest BCUT2D eigenvalue weighted by molar-refractivity contribution is -0.148. The zero-order valence-corrected chi connectivity index (χ0v) is 16.7. The van der Waals surface area contributed by atoms with Gasteiger partial charge in [-0.25, -0.2) is 4.79 Å². The molecule has 1 N–H and O–H groups in total. The Balaban J connectivity index is 1.97. The minimum Gasteiger partial charge on any atom is -0.497 e. The highest BCUT2D eigenvalue weighted by Crippen LogP contribution is 2.23. The van der Waals surface area contributed by atoms with Crippen molar-refractivity contribution in [2.24, 2.45) is 0 Å². The van der Waals surface area contributed by atoms with E-state index in [1.807, 2.05) is 0 Å². The maximum Gasteiger partial charge on any atom is 0.331 e. The summed E-state index contributed by atoms with van der Waals surface area (Å²) in [7, 11) is 3.06. The number of hydrogen-bond acceptors (Lipinski definition) is 6. The van der Waals surface area contributed by atoms with E-state index in [1.165, 1.54) is 40.2 Å². The highest BCUT2D eigenvalue weighted by molar-refractivity contribution is 5.99. The van der Waals surface area contributed by atoms with Crippen LogP contribution in [-0.4, -0.2) is 38.0 Å². The molecule has 0 unspecified atom stereocenters. The van der Waals surface area contributed by atoms with Crippen molar-refractivity contribution in [1.29, 1.82) is 0 Å². The van der Waals surface area contributed by atoms with Gasteiger partial charge in [0.1, 0.15) is 11.5 Å². The minimum absolute atomic E-state index is 0.111. The molecule has 0 heterocycles. The van der Waals surface area contributed by atoms with Gasteiger partial charge in [-0.2, -0.15) is 0 Å². The third-order valence-corrected chi connectivity index (χ3v) is 3.98. The molecule has 1 amide bonds. The molecule has 7 nitrogen and oxygen atoms in total. The van der Waals surface area contributed by atoms with E-state index in [0.717, 1.165) is 0 Å². The fourth-order valence-electron chi connectivity index (χ4n) is 2.42. The Morgan fingerprint density at radius 1 is 1.00 bits per heavy atom. The van der Waals surface area contributed by atoms with E-state index in [1.54, 1.807) is 42.5 Å². The van der Waals surface area contributed by atoms with Gasteiger partial charge in [-0.1, -0.05) is 12.1 Å². The number of carbonyl (C=O) groups excluding carboxylic acids is 3. The normalized spacial score (nSPS) is 11.6. The highest BCUT2D eigenvalue weighted by atomic mass is 16.5. The number of esters is 1. The molecule has 0 saturated heterocycles. The van der Waals surface area contributed by atoms with E-state index in [9.17, 15) is 14.4 Å². The number of ketones is 1. The zero-order valence-electron chi connectivity index (χ0n) is 16.7. The first-order valence-corrected chi connectivity index (χ1v) is 8.86. The van der Waals surface area contributed by atoms with E-state index in [4.69, 9.17) is 14.2 Å². The number of benzene rings is 2. The van der Waals surface area contributed by atoms with Crippen LogP contribution in [0.5, 0.6) is 11.5 Å². The van der Waals surface area contributed by atoms with E-state index in [2.05, 4.69) is 5.32 Å². The number of anilines is 1. The van der Waals surface area contributed by atoms with Crippen LogP contribution in [0.1, 0.15) is 29.8 Å². The minimum atomic E-state index is -1.02. The van der Waals surface area contributed by atoms with Crippen molar-refractivity contribution in [3.63, 3.8) is 0 Å². The first kappa shape index (κ1) is 21.7. The molecule has 0 radical (unpaired) electrons. The van der Waals surface area contributed by atoms with Crippen molar-refractivity contribution in [3.8, 4) is 11.5 Å². The Labute approximate surface area is 169 Å². The average molecular weight is 397 g/mol. The van der Waals surface area contributed by atoms with Crippen molar-refractivity contribution in [2.75, 3.05) is 19.5 Å². The molecule has 2 rings (SSSR count). The van der Waals surface area contributed by atoms with Gasteiger partial charge in [-0.15, -0.1) is 0 Å². The fourth-order valence-corrected chi connectivity index (χ4v) is 2.42. The molecular weight excluding hydrogens is 374 g/mol. The van der Waals surface area contributed by atoms with Gasteiger partial charge in [0.05, 0.1) is 14.2 Å². The van der Waals surface area contributed by atoms with E-state index in [-0.39, 0.29) is 5.78 Å². The van der Waals surface area contributed by atoms with Gasteiger partial charge in [0.2, 0.25) is 0 Å². The Hall–Kier alpha value is -3.61. The number of carbonyl (C=O) groups is 3. The summed E-state index contributed by atoms with van der Waals surface area (Å²) in [5, 5.41) is 2.62. The van der Waals surface area contributed by atoms with Crippen molar-refractivity contribution in [2.45, 2.75) is 20.0 Å². The van der Waals surface area contributed by atoms with Gasteiger partial charge >= 0.3 is 5.97 Å². The van der Waals surface area contributed by atoms with Crippen LogP contribution < -0.4 is 14.8 Å². The summed E-state index contributed by atoms with van der Waals surface area (Å²) in [4.78, 5) is 35.7. The van der Waals surface area contributed by atoms with Crippen molar-refractivity contribution in [1.82, 2.24) is 0 Å². The molecular formula is C22H23NO6. The zero-order chi connectivity index (χ0) is 21.4. The number of nitrogens with one attached hydrogen (secondary N) is 1. The summed E-state index contributed by atoms with van der Waals surface area (Å²) < 4.78 is 15.5. The fraction of sp³-hybridized carbons (Fsp3) is 0.227. The Bertz CT molecular complexity index is 912. The van der Waals surface area contributed by atoms with Gasteiger partial charge in [0.15, 0.2) is 11.9 Å². The predicted octanol–water partition coefficient (Wildman–Crippen LogP) is 3.49. The number of ether oxygens (including phenoxy) is 3. The van der Waals surface area contributed by atoms with Crippen molar-refractivity contribution >= 4 is 29.4 Å². The molecule has 0 aliphatic rings. The van der Waals surface area contributed by atoms with Gasteiger partial charge in [-0.3, -0.25) is 9.59 Å². The lowest BCUT2D eigenvalue weighted by Gasteiger charge is -2.13. The van der Waals surface area contributed by atoms with Gasteiger partial charge in [-0.05, 0) is 49.8 Å². The molecule has 0 saturated carbocycles. The molecule has 0 aliphatic heterocycles. The summed E-state index contributed by atoms with van der Waals surface area (Å²) in [6.45, 7) is 2.90. The summed E-state index contributed by atoms with van der Waals surface area (Å²) in [6.07, 6.45) is 1.73. The smallest absolute Gasteiger partial charge is 0.331 e. The molecule has 0 aromatic heterocycles. The lowest BCUT2D eigenvalue weighted by Crippen LogP contribution is -2.29. The quantitative estimate of drug-likeness (QED) is 0.417. The van der Waals surface area contributed by atoms with Crippen molar-refractivity contribution < 1.29 is 28.6 Å². The van der Waals surface area contributed by atoms with Crippen LogP contribution in [0.3, 0.4) is 0 Å². The molecule has 0 aliphatic carbocycles. The summed E-state index contributed by atoms with van der Waals surface area (Å²) in [5.74, 6) is -0.127. The summed E-state index contributed by atoms with van der Waals surface area (Å²) in [5.41, 5.74) is 1.60. The standard InChI is InChI=1S/C22H23NO6/c1-14(24)17-6-5-7-18(12-17)23-22(26)15(2)29-21(25)9-8-16-10-19(27-3)13-20(11-16)28-4/h5-13,15H,1-4H3,(H,23,26)/b9-8+/t15-/m1/s1. The monoisotopic (exact) mass is 397 g/mol. The molecule has 2 aromatic rings. The molecule has 0 bridgehead atoms. The lowest BCUT2D eigenvalue weighted by atomic mass is 10.1. The van der Waals surface area contributed by atoms with Gasteiger partial charge in [0, 0.05) is 23.4 Å². The highest BCUT2D eigenvalue weighted by Gasteiger charge is 2.17. The number of Topliss-reactive ketones (excluding diaryl/α,β-unsaturated/α-hetero) is 1. The third-order valence-electron chi connectivity index (χ3n) is 3.98. The molecule has 1 atom stereocenters. The van der Waals surface area contributed by atoms with Crippen LogP contribution in [-0.2, 0) is 14.3 Å². The summed E-state index contributed by atoms with van der Waals surface area (Å²) in [6, 6.07) is 11.7. The van der Waals surface area contributed by atoms with Crippen molar-refractivity contribution in [3.05, 3.63) is 59.7 Å². The second-order valence-corrected chi connectivity index (χ2v) is 6.18. The second kappa shape index (κ2) is 10.1. The largest absolute Gasteiger partial charge is 0.497 e. The topological polar surface area (TPSA) is 90.9 Å². The number of rotatable bonds is 8. The second-order valence-electron chi connectivity index (χ2n) is 6.18. The van der Waals surface area contributed by atoms with Crippen LogP contribution in [0.25, 0.3) is 6.08 Å². The van der Waals surface area contributed by atoms with Crippen LogP contribution >= 0.6 is 0 Å². The third kappa shape index (κ3) is 6.49. The van der Waals surface area contributed by atoms with E-state index >= 15 is 0 Å². The molecule has 152 valence electrons. The average Bonchev–Trinajstić information content (AvgIpc) is 2.71. The number of amides is 1. The first-order valence-electron chi connectivity index (χ1n) is 8.86. The maximum atomic E-state index is 12.2. The molecule has 7 heteroatoms. The van der Waals surface area contributed by atoms with Crippen LogP contribution in [0, 0.1) is 0 Å². The Morgan fingerprint density at radius 2 is 1.66 bits per heavy atom. The Morgan fingerprint density at radius 3 is 2.24 bits per heavy atom. The van der Waals surface area contributed by atoms with Crippen LogP contribution in [0.15, 0.2) is 48.5 Å². The van der Waals surface area contributed by atoms with Crippen LogP contribution in [0.2, 0.25) is 0 Å².